The maximum absolute atomic E-state index is 12.9. The van der Waals surface area contributed by atoms with E-state index in [-0.39, 0.29) is 18.0 Å². The zero-order valence-electron chi connectivity index (χ0n) is 17.6. The van der Waals surface area contributed by atoms with Crippen LogP contribution in [-0.2, 0) is 16.1 Å². The normalized spacial score (nSPS) is 14.9. The van der Waals surface area contributed by atoms with Crippen LogP contribution in [0.3, 0.4) is 0 Å². The SMILES string of the molecule is Cc1ccc(NC(=O)CN2C(=O)S/C(=C\c3cn(CC#N)c4ccccc34)C2=O)c(C)c1. The van der Waals surface area contributed by atoms with Crippen LogP contribution in [0, 0.1) is 25.2 Å². The van der Waals surface area contributed by atoms with Crippen molar-refractivity contribution in [2.75, 3.05) is 11.9 Å². The molecule has 0 aliphatic carbocycles. The summed E-state index contributed by atoms with van der Waals surface area (Å²) in [4.78, 5) is 39.0. The van der Waals surface area contributed by atoms with E-state index in [1.807, 2.05) is 50.2 Å². The average Bonchev–Trinajstić information content (AvgIpc) is 3.23. The predicted molar refractivity (Wildman–Crippen MR) is 125 cm³/mol. The molecule has 1 aliphatic rings. The first kappa shape index (κ1) is 21.4. The van der Waals surface area contributed by atoms with Gasteiger partial charge in [0.05, 0.1) is 11.0 Å². The summed E-state index contributed by atoms with van der Waals surface area (Å²) in [6.45, 7) is 3.66. The number of carbonyl (C=O) groups is 3. The van der Waals surface area contributed by atoms with Crippen molar-refractivity contribution < 1.29 is 14.4 Å². The van der Waals surface area contributed by atoms with Gasteiger partial charge in [0.15, 0.2) is 0 Å². The fraction of sp³-hybridized carbons (Fsp3) is 0.167. The first-order valence-corrected chi connectivity index (χ1v) is 10.8. The first-order chi connectivity index (χ1) is 15.4. The van der Waals surface area contributed by atoms with Crippen LogP contribution in [0.1, 0.15) is 16.7 Å². The molecular formula is C24H20N4O3S. The van der Waals surface area contributed by atoms with Gasteiger partial charge in [-0.05, 0) is 49.4 Å². The Morgan fingerprint density at radius 2 is 1.97 bits per heavy atom. The van der Waals surface area contributed by atoms with Crippen molar-refractivity contribution in [1.82, 2.24) is 9.47 Å². The highest BCUT2D eigenvalue weighted by Gasteiger charge is 2.36. The Bertz CT molecular complexity index is 1330. The molecule has 0 bridgehead atoms. The maximum atomic E-state index is 12.9. The number of nitrogens with zero attached hydrogens (tertiary/aromatic N) is 3. The molecule has 160 valence electrons. The van der Waals surface area contributed by atoms with E-state index in [9.17, 15) is 14.4 Å². The molecule has 7 nitrogen and oxygen atoms in total. The number of imide groups is 1. The smallest absolute Gasteiger partial charge is 0.294 e. The number of para-hydroxylation sites is 1. The van der Waals surface area contributed by atoms with Crippen LogP contribution in [0.15, 0.2) is 53.6 Å². The van der Waals surface area contributed by atoms with Crippen LogP contribution in [0.2, 0.25) is 0 Å². The summed E-state index contributed by atoms with van der Waals surface area (Å²) in [5.74, 6) is -0.945. The number of nitriles is 1. The number of aromatic nitrogens is 1. The van der Waals surface area contributed by atoms with Gasteiger partial charge in [0.25, 0.3) is 11.1 Å². The molecule has 4 rings (SSSR count). The Morgan fingerprint density at radius 1 is 1.19 bits per heavy atom. The van der Waals surface area contributed by atoms with E-state index in [1.54, 1.807) is 22.9 Å². The molecule has 1 aromatic heterocycles. The van der Waals surface area contributed by atoms with E-state index in [2.05, 4.69) is 11.4 Å². The van der Waals surface area contributed by atoms with E-state index >= 15 is 0 Å². The Hall–Kier alpha value is -3.83. The van der Waals surface area contributed by atoms with Gasteiger partial charge < -0.3 is 9.88 Å². The Labute approximate surface area is 189 Å². The number of fused-ring (bicyclic) bond motifs is 1. The van der Waals surface area contributed by atoms with Gasteiger partial charge in [0, 0.05) is 28.4 Å². The summed E-state index contributed by atoms with van der Waals surface area (Å²) in [5.41, 5.74) is 4.23. The fourth-order valence-electron chi connectivity index (χ4n) is 3.66. The lowest BCUT2D eigenvalue weighted by Gasteiger charge is -2.13. The lowest BCUT2D eigenvalue weighted by Crippen LogP contribution is -2.36. The second-order valence-corrected chi connectivity index (χ2v) is 8.52. The highest BCUT2D eigenvalue weighted by atomic mass is 32.2. The molecule has 0 saturated carbocycles. The van der Waals surface area contributed by atoms with Crippen molar-refractivity contribution in [2.45, 2.75) is 20.4 Å². The molecule has 1 saturated heterocycles. The number of hydrogen-bond acceptors (Lipinski definition) is 5. The highest BCUT2D eigenvalue weighted by molar-refractivity contribution is 8.18. The van der Waals surface area contributed by atoms with Gasteiger partial charge in [0.1, 0.15) is 13.1 Å². The lowest BCUT2D eigenvalue weighted by molar-refractivity contribution is -0.127. The van der Waals surface area contributed by atoms with Crippen LogP contribution in [0.4, 0.5) is 10.5 Å². The predicted octanol–water partition coefficient (Wildman–Crippen LogP) is 4.46. The number of thioether (sulfide) groups is 1. The molecule has 1 fully saturated rings. The molecule has 1 aliphatic heterocycles. The largest absolute Gasteiger partial charge is 0.333 e. The lowest BCUT2D eigenvalue weighted by atomic mass is 10.1. The van der Waals surface area contributed by atoms with Crippen molar-refractivity contribution in [2.24, 2.45) is 0 Å². The second-order valence-electron chi connectivity index (χ2n) is 7.52. The summed E-state index contributed by atoms with van der Waals surface area (Å²) >= 11 is 0.805. The van der Waals surface area contributed by atoms with Crippen LogP contribution < -0.4 is 5.32 Å². The second kappa shape index (κ2) is 8.73. The zero-order chi connectivity index (χ0) is 22.8. The quantitative estimate of drug-likeness (QED) is 0.587. The molecule has 3 amide bonds. The van der Waals surface area contributed by atoms with Crippen LogP contribution in [0.25, 0.3) is 17.0 Å². The summed E-state index contributed by atoms with van der Waals surface area (Å²) in [5, 5.41) is 12.2. The third-order valence-electron chi connectivity index (χ3n) is 5.18. The molecule has 2 aromatic carbocycles. The van der Waals surface area contributed by atoms with Gasteiger partial charge in [0.2, 0.25) is 5.91 Å². The number of aryl methyl sites for hydroxylation is 2. The van der Waals surface area contributed by atoms with Gasteiger partial charge in [-0.15, -0.1) is 0 Å². The van der Waals surface area contributed by atoms with E-state index in [0.717, 1.165) is 44.3 Å². The molecule has 0 atom stereocenters. The number of rotatable bonds is 5. The number of anilines is 1. The fourth-order valence-corrected chi connectivity index (χ4v) is 4.49. The number of nitrogens with one attached hydrogen (secondary N) is 1. The van der Waals surface area contributed by atoms with Gasteiger partial charge >= 0.3 is 0 Å². The molecule has 1 N–H and O–H groups in total. The molecule has 0 radical (unpaired) electrons. The van der Waals surface area contributed by atoms with Crippen LogP contribution in [-0.4, -0.2) is 33.1 Å². The number of benzene rings is 2. The summed E-state index contributed by atoms with van der Waals surface area (Å²) in [6, 6.07) is 15.3. The van der Waals surface area contributed by atoms with E-state index in [4.69, 9.17) is 5.26 Å². The number of hydrogen-bond donors (Lipinski definition) is 1. The average molecular weight is 445 g/mol. The number of carbonyl (C=O) groups excluding carboxylic acids is 3. The monoisotopic (exact) mass is 444 g/mol. The van der Waals surface area contributed by atoms with Crippen LogP contribution >= 0.6 is 11.8 Å². The van der Waals surface area contributed by atoms with Crippen molar-refractivity contribution in [1.29, 1.82) is 5.26 Å². The van der Waals surface area contributed by atoms with E-state index in [0.29, 0.717) is 5.69 Å². The molecule has 2 heterocycles. The Balaban J connectivity index is 1.54. The minimum atomic E-state index is -0.507. The van der Waals surface area contributed by atoms with Crippen molar-refractivity contribution in [3.05, 3.63) is 70.3 Å². The van der Waals surface area contributed by atoms with Gasteiger partial charge in [-0.1, -0.05) is 35.9 Å². The van der Waals surface area contributed by atoms with Gasteiger partial charge in [-0.25, -0.2) is 0 Å². The summed E-state index contributed by atoms with van der Waals surface area (Å²) in [7, 11) is 0. The number of amides is 3. The van der Waals surface area contributed by atoms with Crippen molar-refractivity contribution >= 4 is 51.5 Å². The topological polar surface area (TPSA) is 95.2 Å². The van der Waals surface area contributed by atoms with Gasteiger partial charge in [-0.2, -0.15) is 5.26 Å². The van der Waals surface area contributed by atoms with Crippen LogP contribution in [0.5, 0.6) is 0 Å². The highest BCUT2D eigenvalue weighted by Crippen LogP contribution is 2.34. The summed E-state index contributed by atoms with van der Waals surface area (Å²) < 4.78 is 1.79. The van der Waals surface area contributed by atoms with Gasteiger partial charge in [-0.3, -0.25) is 19.3 Å². The molecular weight excluding hydrogens is 424 g/mol. The standard InChI is InChI=1S/C24H20N4O3S/c1-15-7-8-19(16(2)11-15)26-22(29)14-28-23(30)21(32-24(28)31)12-17-13-27(10-9-25)20-6-4-3-5-18(17)20/h3-8,11-13H,10,14H2,1-2H3,(H,26,29)/b21-12-. The Morgan fingerprint density at radius 3 is 2.72 bits per heavy atom. The molecule has 0 spiro atoms. The molecule has 32 heavy (non-hydrogen) atoms. The van der Waals surface area contributed by atoms with Crippen molar-refractivity contribution in [3.8, 4) is 6.07 Å². The first-order valence-electron chi connectivity index (χ1n) is 9.94. The third-order valence-corrected chi connectivity index (χ3v) is 6.09. The van der Waals surface area contributed by atoms with E-state index in [1.165, 1.54) is 0 Å². The van der Waals surface area contributed by atoms with E-state index < -0.39 is 17.1 Å². The third kappa shape index (κ3) is 4.15. The molecule has 8 heteroatoms. The summed E-state index contributed by atoms with van der Waals surface area (Å²) in [6.07, 6.45) is 3.43. The minimum Gasteiger partial charge on any atom is -0.333 e. The molecule has 3 aromatic rings. The van der Waals surface area contributed by atoms with Crippen molar-refractivity contribution in [3.63, 3.8) is 0 Å². The molecule has 0 unspecified atom stereocenters. The zero-order valence-corrected chi connectivity index (χ0v) is 18.4. The Kier molecular flexibility index (Phi) is 5.84. The maximum Gasteiger partial charge on any atom is 0.294 e. The minimum absolute atomic E-state index is 0.175.